The Hall–Kier alpha value is -2.03. The van der Waals surface area contributed by atoms with Crippen LogP contribution in [0.2, 0.25) is 0 Å². The molecule has 3 rings (SSSR count). The Morgan fingerprint density at radius 1 is 1.13 bits per heavy atom. The molecule has 0 unspecified atom stereocenters. The minimum atomic E-state index is 0.836. The lowest BCUT2D eigenvalue weighted by atomic mass is 10.1. The molecule has 0 saturated carbocycles. The molecule has 0 aliphatic carbocycles. The highest BCUT2D eigenvalue weighted by molar-refractivity contribution is 6.05. The van der Waals surface area contributed by atoms with Crippen molar-refractivity contribution in [3.63, 3.8) is 0 Å². The van der Waals surface area contributed by atoms with Gasteiger partial charge >= 0.3 is 0 Å². The van der Waals surface area contributed by atoms with Gasteiger partial charge < -0.3 is 9.15 Å². The molecule has 0 spiro atoms. The molecule has 2 aromatic heterocycles. The van der Waals surface area contributed by atoms with Gasteiger partial charge in [-0.05, 0) is 24.3 Å². The van der Waals surface area contributed by atoms with Crippen molar-refractivity contribution in [3.8, 4) is 5.75 Å². The number of methoxy groups -OCH3 is 1. The molecular formula is C12H9NO2. The SMILES string of the molecule is COc1ccnc2c1ccc1occc12. The number of fused-ring (bicyclic) bond motifs is 3. The van der Waals surface area contributed by atoms with Crippen LogP contribution in [0.25, 0.3) is 21.9 Å². The van der Waals surface area contributed by atoms with Crippen molar-refractivity contribution in [3.05, 3.63) is 36.7 Å². The lowest BCUT2D eigenvalue weighted by molar-refractivity contribution is 0.419. The number of furan rings is 1. The van der Waals surface area contributed by atoms with Crippen molar-refractivity contribution in [2.75, 3.05) is 7.11 Å². The summed E-state index contributed by atoms with van der Waals surface area (Å²) >= 11 is 0. The lowest BCUT2D eigenvalue weighted by Gasteiger charge is -2.04. The molecule has 0 bridgehead atoms. The van der Waals surface area contributed by atoms with E-state index in [4.69, 9.17) is 9.15 Å². The molecule has 3 nitrogen and oxygen atoms in total. The Morgan fingerprint density at radius 3 is 2.93 bits per heavy atom. The number of nitrogens with zero attached hydrogens (tertiary/aromatic N) is 1. The Balaban J connectivity index is 2.53. The number of hydrogen-bond acceptors (Lipinski definition) is 3. The number of hydrogen-bond donors (Lipinski definition) is 0. The van der Waals surface area contributed by atoms with Gasteiger partial charge in [0, 0.05) is 17.0 Å². The van der Waals surface area contributed by atoms with E-state index < -0.39 is 0 Å². The first-order chi connectivity index (χ1) is 7.40. The Bertz CT molecular complexity index is 628. The molecule has 1 aromatic carbocycles. The molecule has 15 heavy (non-hydrogen) atoms. The quantitative estimate of drug-likeness (QED) is 0.604. The summed E-state index contributed by atoms with van der Waals surface area (Å²) < 4.78 is 10.6. The molecule has 0 aliphatic rings. The van der Waals surface area contributed by atoms with Gasteiger partial charge in [0.2, 0.25) is 0 Å². The zero-order chi connectivity index (χ0) is 10.3. The van der Waals surface area contributed by atoms with Crippen molar-refractivity contribution in [2.24, 2.45) is 0 Å². The number of aromatic nitrogens is 1. The molecule has 3 heteroatoms. The van der Waals surface area contributed by atoms with E-state index in [1.54, 1.807) is 19.6 Å². The average molecular weight is 199 g/mol. The molecule has 2 heterocycles. The van der Waals surface area contributed by atoms with Crippen LogP contribution in [-0.2, 0) is 0 Å². The van der Waals surface area contributed by atoms with Crippen LogP contribution in [0.15, 0.2) is 41.1 Å². The van der Waals surface area contributed by atoms with Crippen LogP contribution < -0.4 is 4.74 Å². The second-order valence-electron chi connectivity index (χ2n) is 3.31. The summed E-state index contributed by atoms with van der Waals surface area (Å²) in [4.78, 5) is 4.35. The molecule has 0 N–H and O–H groups in total. The number of pyridine rings is 1. The molecule has 0 atom stereocenters. The minimum Gasteiger partial charge on any atom is -0.496 e. The number of rotatable bonds is 1. The predicted octanol–water partition coefficient (Wildman–Crippen LogP) is 2.99. The van der Waals surface area contributed by atoms with Crippen LogP contribution in [0, 0.1) is 0 Å². The average Bonchev–Trinajstić information content (AvgIpc) is 2.76. The molecule has 0 saturated heterocycles. The molecule has 0 aliphatic heterocycles. The van der Waals surface area contributed by atoms with Crippen molar-refractivity contribution < 1.29 is 9.15 Å². The molecule has 74 valence electrons. The topological polar surface area (TPSA) is 35.3 Å². The van der Waals surface area contributed by atoms with Gasteiger partial charge in [0.15, 0.2) is 0 Å². The summed E-state index contributed by atoms with van der Waals surface area (Å²) in [5, 5.41) is 2.03. The van der Waals surface area contributed by atoms with Crippen LogP contribution in [0.3, 0.4) is 0 Å². The van der Waals surface area contributed by atoms with Crippen molar-refractivity contribution >= 4 is 21.9 Å². The van der Waals surface area contributed by atoms with E-state index in [1.165, 1.54) is 0 Å². The Labute approximate surface area is 86.3 Å². The standard InChI is InChI=1S/C12H9NO2/c1-14-10-4-6-13-12-8(10)2-3-11-9(12)5-7-15-11/h2-7H,1H3. The second-order valence-corrected chi connectivity index (χ2v) is 3.31. The van der Waals surface area contributed by atoms with Crippen LogP contribution in [-0.4, -0.2) is 12.1 Å². The van der Waals surface area contributed by atoms with E-state index in [0.717, 1.165) is 27.6 Å². The van der Waals surface area contributed by atoms with Gasteiger partial charge in [-0.2, -0.15) is 0 Å². The zero-order valence-corrected chi connectivity index (χ0v) is 8.23. The normalized spacial score (nSPS) is 11.0. The van der Waals surface area contributed by atoms with E-state index in [-0.39, 0.29) is 0 Å². The van der Waals surface area contributed by atoms with Gasteiger partial charge in [-0.1, -0.05) is 0 Å². The molecule has 0 amide bonds. The van der Waals surface area contributed by atoms with Crippen LogP contribution in [0.5, 0.6) is 5.75 Å². The maximum Gasteiger partial charge on any atom is 0.136 e. The Morgan fingerprint density at radius 2 is 2.07 bits per heavy atom. The predicted molar refractivity (Wildman–Crippen MR) is 58.1 cm³/mol. The van der Waals surface area contributed by atoms with E-state index in [2.05, 4.69) is 4.98 Å². The third-order valence-corrected chi connectivity index (χ3v) is 2.52. The van der Waals surface area contributed by atoms with Gasteiger partial charge in [0.05, 0.1) is 18.9 Å². The van der Waals surface area contributed by atoms with Crippen LogP contribution in [0.4, 0.5) is 0 Å². The first-order valence-electron chi connectivity index (χ1n) is 4.69. The van der Waals surface area contributed by atoms with Crippen LogP contribution in [0.1, 0.15) is 0 Å². The summed E-state index contributed by atoms with van der Waals surface area (Å²) in [7, 11) is 1.66. The molecule has 0 fully saturated rings. The summed E-state index contributed by atoms with van der Waals surface area (Å²) in [6.45, 7) is 0. The second kappa shape index (κ2) is 2.98. The molecular weight excluding hydrogens is 190 g/mol. The third-order valence-electron chi connectivity index (χ3n) is 2.52. The van der Waals surface area contributed by atoms with Crippen LogP contribution >= 0.6 is 0 Å². The van der Waals surface area contributed by atoms with Gasteiger partial charge in [-0.25, -0.2) is 0 Å². The zero-order valence-electron chi connectivity index (χ0n) is 8.23. The van der Waals surface area contributed by atoms with E-state index in [1.807, 2.05) is 24.3 Å². The van der Waals surface area contributed by atoms with Crippen molar-refractivity contribution in [1.29, 1.82) is 0 Å². The largest absolute Gasteiger partial charge is 0.496 e. The van der Waals surface area contributed by atoms with E-state index >= 15 is 0 Å². The fraction of sp³-hybridized carbons (Fsp3) is 0.0833. The highest BCUT2D eigenvalue weighted by Crippen LogP contribution is 2.29. The fourth-order valence-corrected chi connectivity index (χ4v) is 1.81. The molecule has 3 aromatic rings. The summed E-state index contributed by atoms with van der Waals surface area (Å²) in [6, 6.07) is 7.67. The van der Waals surface area contributed by atoms with Crippen molar-refractivity contribution in [2.45, 2.75) is 0 Å². The smallest absolute Gasteiger partial charge is 0.136 e. The minimum absolute atomic E-state index is 0.836. The Kier molecular flexibility index (Phi) is 1.65. The third kappa shape index (κ3) is 1.09. The summed E-state index contributed by atoms with van der Waals surface area (Å²) in [6.07, 6.45) is 3.42. The first-order valence-corrected chi connectivity index (χ1v) is 4.69. The highest BCUT2D eigenvalue weighted by Gasteiger charge is 2.07. The number of benzene rings is 1. The van der Waals surface area contributed by atoms with Gasteiger partial charge in [0.25, 0.3) is 0 Å². The van der Waals surface area contributed by atoms with Gasteiger partial charge in [-0.15, -0.1) is 0 Å². The van der Waals surface area contributed by atoms with Gasteiger partial charge in [-0.3, -0.25) is 4.98 Å². The fourth-order valence-electron chi connectivity index (χ4n) is 1.81. The monoisotopic (exact) mass is 199 g/mol. The maximum atomic E-state index is 5.32. The summed E-state index contributed by atoms with van der Waals surface area (Å²) in [5.41, 5.74) is 1.77. The van der Waals surface area contributed by atoms with Crippen molar-refractivity contribution in [1.82, 2.24) is 4.98 Å². The highest BCUT2D eigenvalue weighted by atomic mass is 16.5. The summed E-state index contributed by atoms with van der Waals surface area (Å²) in [5.74, 6) is 0.836. The molecule has 0 radical (unpaired) electrons. The lowest BCUT2D eigenvalue weighted by Crippen LogP contribution is -1.86. The van der Waals surface area contributed by atoms with E-state index in [9.17, 15) is 0 Å². The first kappa shape index (κ1) is 8.29. The van der Waals surface area contributed by atoms with E-state index in [0.29, 0.717) is 0 Å². The number of ether oxygens (including phenoxy) is 1. The maximum absolute atomic E-state index is 5.32. The van der Waals surface area contributed by atoms with Gasteiger partial charge in [0.1, 0.15) is 11.3 Å².